The van der Waals surface area contributed by atoms with Crippen molar-refractivity contribution in [1.82, 2.24) is 5.32 Å². The first-order valence-electron chi connectivity index (χ1n) is 5.37. The van der Waals surface area contributed by atoms with Gasteiger partial charge in [-0.1, -0.05) is 0 Å². The Morgan fingerprint density at radius 2 is 2.14 bits per heavy atom. The molecule has 0 aromatic heterocycles. The number of carbonyl (C=O) groups is 1. The summed E-state index contributed by atoms with van der Waals surface area (Å²) < 4.78 is 0. The van der Waals surface area contributed by atoms with Crippen LogP contribution < -0.4 is 5.32 Å². The van der Waals surface area contributed by atoms with Crippen molar-refractivity contribution in [1.29, 1.82) is 0 Å². The van der Waals surface area contributed by atoms with E-state index in [4.69, 9.17) is 0 Å². The zero-order chi connectivity index (χ0) is 9.97. The summed E-state index contributed by atoms with van der Waals surface area (Å²) in [6.07, 6.45) is 4.81. The fourth-order valence-corrected chi connectivity index (χ4v) is 2.11. The number of Topliss-reactive ketones (excluding diaryl/α,β-unsaturated/α-hetero) is 1. The van der Waals surface area contributed by atoms with Gasteiger partial charge < -0.3 is 5.32 Å². The van der Waals surface area contributed by atoms with Gasteiger partial charge in [0.25, 0.3) is 0 Å². The van der Waals surface area contributed by atoms with E-state index in [2.05, 4.69) is 10.3 Å². The van der Waals surface area contributed by atoms with Crippen LogP contribution in [-0.4, -0.2) is 18.2 Å². The molecule has 1 heterocycles. The average molecular weight is 192 g/mol. The summed E-state index contributed by atoms with van der Waals surface area (Å²) >= 11 is 0. The summed E-state index contributed by atoms with van der Waals surface area (Å²) in [5, 5.41) is 3.30. The lowest BCUT2D eigenvalue weighted by atomic mass is 9.89. The summed E-state index contributed by atoms with van der Waals surface area (Å²) in [6, 6.07) is 0. The second-order valence-corrected chi connectivity index (χ2v) is 3.81. The van der Waals surface area contributed by atoms with Crippen LogP contribution in [0.15, 0.2) is 16.3 Å². The second kappa shape index (κ2) is 3.95. The quantitative estimate of drug-likeness (QED) is 0.688. The van der Waals surface area contributed by atoms with Gasteiger partial charge in [0, 0.05) is 17.8 Å². The minimum Gasteiger partial charge on any atom is -0.347 e. The molecule has 1 N–H and O–H groups in total. The molecular formula is C11H16N2O. The Morgan fingerprint density at radius 1 is 1.36 bits per heavy atom. The number of nitrogens with zero attached hydrogens (tertiary/aromatic N) is 1. The lowest BCUT2D eigenvalue weighted by molar-refractivity contribution is -0.115. The van der Waals surface area contributed by atoms with Crippen LogP contribution in [0.1, 0.15) is 39.0 Å². The number of hydrogen-bond donors (Lipinski definition) is 1. The van der Waals surface area contributed by atoms with Crippen molar-refractivity contribution in [3.05, 3.63) is 11.3 Å². The molecule has 0 saturated carbocycles. The molecule has 1 aliphatic heterocycles. The SMILES string of the molecule is CCN=C1CC(=O)C2=C(CCCC2)N1. The fourth-order valence-electron chi connectivity index (χ4n) is 2.11. The van der Waals surface area contributed by atoms with Gasteiger partial charge in [0.15, 0.2) is 5.78 Å². The highest BCUT2D eigenvalue weighted by Crippen LogP contribution is 2.27. The second-order valence-electron chi connectivity index (χ2n) is 3.81. The van der Waals surface area contributed by atoms with Crippen LogP contribution in [0.25, 0.3) is 0 Å². The van der Waals surface area contributed by atoms with Gasteiger partial charge in [-0.25, -0.2) is 0 Å². The van der Waals surface area contributed by atoms with Gasteiger partial charge >= 0.3 is 0 Å². The van der Waals surface area contributed by atoms with Crippen molar-refractivity contribution in [2.24, 2.45) is 4.99 Å². The van der Waals surface area contributed by atoms with E-state index in [9.17, 15) is 4.79 Å². The number of ketones is 1. The molecule has 0 saturated heterocycles. The molecule has 0 fully saturated rings. The Bertz CT molecular complexity index is 315. The molecule has 0 aromatic carbocycles. The molecule has 0 amide bonds. The van der Waals surface area contributed by atoms with Crippen LogP contribution in [0.4, 0.5) is 0 Å². The molecule has 0 bridgehead atoms. The van der Waals surface area contributed by atoms with Crippen molar-refractivity contribution < 1.29 is 4.79 Å². The predicted molar refractivity (Wildman–Crippen MR) is 56.2 cm³/mol. The van der Waals surface area contributed by atoms with Gasteiger partial charge in [0.1, 0.15) is 5.84 Å². The Morgan fingerprint density at radius 3 is 2.93 bits per heavy atom. The third-order valence-electron chi connectivity index (χ3n) is 2.78. The Balaban J connectivity index is 2.23. The topological polar surface area (TPSA) is 41.5 Å². The Hall–Kier alpha value is -1.12. The molecule has 0 spiro atoms. The van der Waals surface area contributed by atoms with E-state index in [1.54, 1.807) is 0 Å². The van der Waals surface area contributed by atoms with Gasteiger partial charge in [0.05, 0.1) is 6.42 Å². The zero-order valence-electron chi connectivity index (χ0n) is 8.60. The van der Waals surface area contributed by atoms with Crippen molar-refractivity contribution in [3.63, 3.8) is 0 Å². The summed E-state index contributed by atoms with van der Waals surface area (Å²) in [4.78, 5) is 16.0. The number of nitrogens with one attached hydrogen (secondary N) is 1. The molecular weight excluding hydrogens is 176 g/mol. The van der Waals surface area contributed by atoms with Crippen LogP contribution >= 0.6 is 0 Å². The van der Waals surface area contributed by atoms with Crippen molar-refractivity contribution in [2.75, 3.05) is 6.54 Å². The minimum atomic E-state index is 0.283. The first-order chi connectivity index (χ1) is 6.81. The number of aliphatic imine (C=N–C) groups is 1. The molecule has 14 heavy (non-hydrogen) atoms. The van der Waals surface area contributed by atoms with Gasteiger partial charge in [0.2, 0.25) is 0 Å². The molecule has 3 nitrogen and oxygen atoms in total. The molecule has 0 aromatic rings. The maximum Gasteiger partial charge on any atom is 0.168 e. The normalized spacial score (nSPS) is 24.9. The molecule has 0 radical (unpaired) electrons. The lowest BCUT2D eigenvalue weighted by Gasteiger charge is -2.26. The third-order valence-corrected chi connectivity index (χ3v) is 2.78. The molecule has 0 atom stereocenters. The first kappa shape index (κ1) is 9.44. The molecule has 1 aliphatic carbocycles. The van der Waals surface area contributed by atoms with E-state index in [-0.39, 0.29) is 5.78 Å². The highest BCUT2D eigenvalue weighted by Gasteiger charge is 2.25. The largest absolute Gasteiger partial charge is 0.347 e. The van der Waals surface area contributed by atoms with Gasteiger partial charge in [-0.3, -0.25) is 9.79 Å². The van der Waals surface area contributed by atoms with E-state index in [1.807, 2.05) is 6.92 Å². The standard InChI is InChI=1S/C11H16N2O/c1-2-12-11-7-10(14)8-5-3-4-6-9(8)13-11/h2-7H2,1H3,(H,12,13). The highest BCUT2D eigenvalue weighted by atomic mass is 16.1. The van der Waals surface area contributed by atoms with Gasteiger partial charge in [-0.2, -0.15) is 0 Å². The van der Waals surface area contributed by atoms with Crippen LogP contribution in [-0.2, 0) is 4.79 Å². The molecule has 3 heteroatoms. The van der Waals surface area contributed by atoms with Crippen molar-refractivity contribution in [3.8, 4) is 0 Å². The lowest BCUT2D eigenvalue weighted by Crippen LogP contribution is -2.34. The van der Waals surface area contributed by atoms with E-state index in [1.165, 1.54) is 6.42 Å². The summed E-state index contributed by atoms with van der Waals surface area (Å²) in [6.45, 7) is 2.74. The van der Waals surface area contributed by atoms with Crippen LogP contribution in [0.2, 0.25) is 0 Å². The minimum absolute atomic E-state index is 0.283. The number of allylic oxidation sites excluding steroid dienone is 2. The van der Waals surface area contributed by atoms with Crippen LogP contribution in [0.3, 0.4) is 0 Å². The van der Waals surface area contributed by atoms with E-state index >= 15 is 0 Å². The number of hydrogen-bond acceptors (Lipinski definition) is 2. The van der Waals surface area contributed by atoms with Crippen molar-refractivity contribution >= 4 is 11.6 Å². The number of rotatable bonds is 1. The molecule has 76 valence electrons. The zero-order valence-corrected chi connectivity index (χ0v) is 8.60. The van der Waals surface area contributed by atoms with Gasteiger partial charge in [-0.05, 0) is 32.6 Å². The maximum atomic E-state index is 11.7. The smallest absolute Gasteiger partial charge is 0.168 e. The Labute approximate surface area is 84.3 Å². The number of carbonyl (C=O) groups excluding carboxylic acids is 1. The Kier molecular flexibility index (Phi) is 2.66. The summed E-state index contributed by atoms with van der Waals surface area (Å²) in [5.74, 6) is 1.14. The van der Waals surface area contributed by atoms with E-state index < -0.39 is 0 Å². The molecule has 0 unspecified atom stereocenters. The molecule has 2 aliphatic rings. The van der Waals surface area contributed by atoms with Crippen LogP contribution in [0, 0.1) is 0 Å². The van der Waals surface area contributed by atoms with E-state index in [0.717, 1.165) is 42.9 Å². The van der Waals surface area contributed by atoms with Crippen LogP contribution in [0.5, 0.6) is 0 Å². The van der Waals surface area contributed by atoms with E-state index in [0.29, 0.717) is 6.42 Å². The highest BCUT2D eigenvalue weighted by molar-refractivity contribution is 6.12. The first-order valence-corrected chi connectivity index (χ1v) is 5.37. The number of amidine groups is 1. The molecule has 2 rings (SSSR count). The van der Waals surface area contributed by atoms with Gasteiger partial charge in [-0.15, -0.1) is 0 Å². The monoisotopic (exact) mass is 192 g/mol. The fraction of sp³-hybridized carbons (Fsp3) is 0.636. The average Bonchev–Trinajstić information content (AvgIpc) is 2.18. The summed E-state index contributed by atoms with van der Waals surface area (Å²) in [5.41, 5.74) is 2.17. The third kappa shape index (κ3) is 1.72. The van der Waals surface area contributed by atoms with Crippen molar-refractivity contribution in [2.45, 2.75) is 39.0 Å². The predicted octanol–water partition coefficient (Wildman–Crippen LogP) is 1.80. The maximum absolute atomic E-state index is 11.7. The summed E-state index contributed by atoms with van der Waals surface area (Å²) in [7, 11) is 0.